The molecule has 3 aromatic carbocycles. The van der Waals surface area contributed by atoms with Crippen molar-refractivity contribution in [1.82, 2.24) is 4.90 Å². The first-order valence-corrected chi connectivity index (χ1v) is 17.3. The minimum absolute atomic E-state index is 0.0165. The number of ether oxygens (including phenoxy) is 2. The van der Waals surface area contributed by atoms with Gasteiger partial charge in [-0.05, 0) is 66.7 Å². The number of nitrogens with zero attached hydrogens (tertiary/aromatic N) is 2. The van der Waals surface area contributed by atoms with Crippen LogP contribution in [0.25, 0.3) is 0 Å². The van der Waals surface area contributed by atoms with Crippen LogP contribution in [0.5, 0.6) is 0 Å². The summed E-state index contributed by atoms with van der Waals surface area (Å²) >= 11 is 5.92. The molecule has 234 valence electrons. The zero-order valence-electron chi connectivity index (χ0n) is 23.8. The Morgan fingerprint density at radius 3 is 2.05 bits per heavy atom. The SMILES string of the molecule is C=CC(N1CCOCC1)S(=O)(=O)c1ccc(NC(=O)c2cc(N3CCOCC3)ccc2NS(=O)(=O)c2ccc(Cl)cc2)cc1. The minimum Gasteiger partial charge on any atom is -0.379 e. The zero-order chi connectivity index (χ0) is 31.3. The molecule has 1 atom stereocenters. The predicted molar refractivity (Wildman–Crippen MR) is 170 cm³/mol. The van der Waals surface area contributed by atoms with Gasteiger partial charge in [0.05, 0.1) is 47.5 Å². The van der Waals surface area contributed by atoms with E-state index >= 15 is 0 Å². The van der Waals surface area contributed by atoms with E-state index < -0.39 is 31.1 Å². The van der Waals surface area contributed by atoms with Crippen molar-refractivity contribution >= 4 is 54.4 Å². The van der Waals surface area contributed by atoms with Gasteiger partial charge >= 0.3 is 0 Å². The van der Waals surface area contributed by atoms with Crippen molar-refractivity contribution in [3.8, 4) is 0 Å². The van der Waals surface area contributed by atoms with E-state index in [-0.39, 0.29) is 21.0 Å². The van der Waals surface area contributed by atoms with Gasteiger partial charge in [-0.15, -0.1) is 6.58 Å². The molecule has 2 N–H and O–H groups in total. The number of hydrogen-bond donors (Lipinski definition) is 2. The topological polar surface area (TPSA) is 134 Å². The highest BCUT2D eigenvalue weighted by Crippen LogP contribution is 2.29. The first kappa shape index (κ1) is 31.9. The van der Waals surface area contributed by atoms with Gasteiger partial charge in [-0.3, -0.25) is 14.4 Å². The summed E-state index contributed by atoms with van der Waals surface area (Å²) in [6.45, 7) is 7.84. The molecule has 0 aromatic heterocycles. The molecule has 0 bridgehead atoms. The van der Waals surface area contributed by atoms with Gasteiger partial charge in [0.25, 0.3) is 15.9 Å². The molecule has 0 aliphatic carbocycles. The summed E-state index contributed by atoms with van der Waals surface area (Å²) in [5.74, 6) is -0.582. The molecular weight excluding hydrogens is 628 g/mol. The summed E-state index contributed by atoms with van der Waals surface area (Å²) in [5.41, 5.74) is 1.22. The average molecular weight is 661 g/mol. The van der Waals surface area contributed by atoms with E-state index in [1.807, 2.05) is 4.90 Å². The molecule has 14 heteroatoms. The maximum absolute atomic E-state index is 13.6. The van der Waals surface area contributed by atoms with Crippen molar-refractivity contribution in [2.24, 2.45) is 0 Å². The lowest BCUT2D eigenvalue weighted by Gasteiger charge is -2.32. The number of carbonyl (C=O) groups is 1. The second-order valence-corrected chi connectivity index (χ2v) is 14.4. The molecule has 2 fully saturated rings. The fourth-order valence-corrected chi connectivity index (χ4v) is 7.87. The standard InChI is InChI=1S/C30H33ClN4O7S2/c1-2-29(35-15-19-42-20-16-35)43(37,38)25-10-5-23(6-11-25)32-30(36)27-21-24(34-13-17-41-18-14-34)7-12-28(27)33-44(39,40)26-8-3-22(31)4-9-26/h2-12,21,29,33H,1,13-20H2,(H,32,36). The van der Waals surface area contributed by atoms with Gasteiger partial charge in [0.15, 0.2) is 9.84 Å². The molecule has 5 rings (SSSR count). The average Bonchev–Trinajstić information content (AvgIpc) is 3.03. The van der Waals surface area contributed by atoms with Crippen LogP contribution in [0.2, 0.25) is 5.02 Å². The lowest BCUT2D eigenvalue weighted by molar-refractivity contribution is 0.0374. The Morgan fingerprint density at radius 2 is 1.43 bits per heavy atom. The Kier molecular flexibility index (Phi) is 9.93. The van der Waals surface area contributed by atoms with Crippen molar-refractivity contribution in [1.29, 1.82) is 0 Å². The zero-order valence-corrected chi connectivity index (χ0v) is 26.2. The molecular formula is C30H33ClN4O7S2. The van der Waals surface area contributed by atoms with Crippen molar-refractivity contribution in [3.63, 3.8) is 0 Å². The predicted octanol–water partition coefficient (Wildman–Crippen LogP) is 3.85. The third-order valence-corrected chi connectivity index (χ3v) is 11.0. The molecule has 44 heavy (non-hydrogen) atoms. The third kappa shape index (κ3) is 7.25. The summed E-state index contributed by atoms with van der Waals surface area (Å²) in [4.78, 5) is 17.5. The second-order valence-electron chi connectivity index (χ2n) is 10.2. The van der Waals surface area contributed by atoms with Crippen LogP contribution in [0.1, 0.15) is 10.4 Å². The maximum Gasteiger partial charge on any atom is 0.261 e. The first-order valence-electron chi connectivity index (χ1n) is 13.9. The van der Waals surface area contributed by atoms with Crippen LogP contribution in [0.15, 0.2) is 89.2 Å². The molecule has 2 aliphatic heterocycles. The third-order valence-electron chi connectivity index (χ3n) is 7.36. The second kappa shape index (κ2) is 13.7. The monoisotopic (exact) mass is 660 g/mol. The van der Waals surface area contributed by atoms with Gasteiger partial charge in [-0.2, -0.15) is 0 Å². The smallest absolute Gasteiger partial charge is 0.261 e. The van der Waals surface area contributed by atoms with Gasteiger partial charge < -0.3 is 19.7 Å². The van der Waals surface area contributed by atoms with E-state index in [4.69, 9.17) is 21.1 Å². The number of nitrogens with one attached hydrogen (secondary N) is 2. The Balaban J connectivity index is 1.40. The number of halogens is 1. The normalized spacial score (nSPS) is 17.1. The number of rotatable bonds is 10. The van der Waals surface area contributed by atoms with Crippen LogP contribution in [0.3, 0.4) is 0 Å². The number of carbonyl (C=O) groups excluding carboxylic acids is 1. The number of sulfonamides is 1. The van der Waals surface area contributed by atoms with Gasteiger partial charge in [0, 0.05) is 42.6 Å². The van der Waals surface area contributed by atoms with E-state index in [0.29, 0.717) is 63.3 Å². The highest BCUT2D eigenvalue weighted by Gasteiger charge is 2.31. The lowest BCUT2D eigenvalue weighted by atomic mass is 10.1. The van der Waals surface area contributed by atoms with E-state index in [1.165, 1.54) is 54.6 Å². The number of sulfone groups is 1. The Bertz CT molecular complexity index is 1700. The fraction of sp³-hybridized carbons (Fsp3) is 0.300. The molecule has 2 aliphatic rings. The van der Waals surface area contributed by atoms with Crippen LogP contribution in [0.4, 0.5) is 17.1 Å². The largest absolute Gasteiger partial charge is 0.379 e. The van der Waals surface area contributed by atoms with Gasteiger partial charge in [0.1, 0.15) is 5.37 Å². The van der Waals surface area contributed by atoms with Crippen LogP contribution in [0, 0.1) is 0 Å². The van der Waals surface area contributed by atoms with Crippen LogP contribution in [-0.2, 0) is 29.3 Å². The van der Waals surface area contributed by atoms with Gasteiger partial charge in [0.2, 0.25) is 0 Å². The van der Waals surface area contributed by atoms with E-state index in [9.17, 15) is 21.6 Å². The maximum atomic E-state index is 13.6. The van der Waals surface area contributed by atoms with Gasteiger partial charge in [-0.1, -0.05) is 17.7 Å². The Hall–Kier alpha value is -3.46. The quantitative estimate of drug-likeness (QED) is 0.311. The van der Waals surface area contributed by atoms with E-state index in [0.717, 1.165) is 5.69 Å². The molecule has 11 nitrogen and oxygen atoms in total. The summed E-state index contributed by atoms with van der Waals surface area (Å²) in [6, 6.07) is 16.4. The van der Waals surface area contributed by atoms with Crippen molar-refractivity contribution in [2.45, 2.75) is 15.2 Å². The van der Waals surface area contributed by atoms with E-state index in [2.05, 4.69) is 16.6 Å². The highest BCUT2D eigenvalue weighted by atomic mass is 35.5. The molecule has 1 amide bonds. The van der Waals surface area contributed by atoms with Crippen molar-refractivity contribution in [3.05, 3.63) is 90.0 Å². The molecule has 2 heterocycles. The van der Waals surface area contributed by atoms with Crippen LogP contribution >= 0.6 is 11.6 Å². The molecule has 3 aromatic rings. The molecule has 2 saturated heterocycles. The summed E-state index contributed by atoms with van der Waals surface area (Å²) in [7, 11) is -7.83. The molecule has 0 radical (unpaired) electrons. The van der Waals surface area contributed by atoms with Crippen LogP contribution < -0.4 is 14.9 Å². The number of amides is 1. The summed E-state index contributed by atoms with van der Waals surface area (Å²) < 4.78 is 66.4. The highest BCUT2D eigenvalue weighted by molar-refractivity contribution is 7.92. The molecule has 0 spiro atoms. The number of anilines is 3. The molecule has 1 unspecified atom stereocenters. The number of morpholine rings is 2. The Morgan fingerprint density at radius 1 is 0.841 bits per heavy atom. The minimum atomic E-state index is -4.05. The summed E-state index contributed by atoms with van der Waals surface area (Å²) in [5, 5.41) is 2.25. The van der Waals surface area contributed by atoms with Crippen LogP contribution in [-0.4, -0.2) is 85.6 Å². The van der Waals surface area contributed by atoms with Crippen molar-refractivity contribution < 1.29 is 31.1 Å². The fourth-order valence-electron chi connectivity index (χ4n) is 5.01. The Labute approximate surface area is 262 Å². The van der Waals surface area contributed by atoms with E-state index in [1.54, 1.807) is 23.1 Å². The first-order chi connectivity index (χ1) is 21.1. The summed E-state index contributed by atoms with van der Waals surface area (Å²) in [6.07, 6.45) is 1.41. The molecule has 0 saturated carbocycles. The van der Waals surface area contributed by atoms with Gasteiger partial charge in [-0.25, -0.2) is 16.8 Å². The number of benzene rings is 3. The van der Waals surface area contributed by atoms with Crippen molar-refractivity contribution in [2.75, 3.05) is 67.5 Å². The number of hydrogen-bond acceptors (Lipinski definition) is 9. The lowest BCUT2D eigenvalue weighted by Crippen LogP contribution is -2.46.